The van der Waals surface area contributed by atoms with E-state index in [4.69, 9.17) is 5.26 Å². The Balaban J connectivity index is 1.86. The summed E-state index contributed by atoms with van der Waals surface area (Å²) in [7, 11) is -3.80. The fourth-order valence-corrected chi connectivity index (χ4v) is 4.26. The molecule has 26 heavy (non-hydrogen) atoms. The minimum atomic E-state index is -4.43. The van der Waals surface area contributed by atoms with Crippen molar-refractivity contribution in [2.75, 3.05) is 0 Å². The second-order valence-corrected chi connectivity index (χ2v) is 8.00. The Morgan fingerprint density at radius 3 is 2.08 bits per heavy atom. The lowest BCUT2D eigenvalue weighted by Gasteiger charge is -2.22. The molecule has 1 fully saturated rings. The van der Waals surface area contributed by atoms with Crippen LogP contribution in [0.25, 0.3) is 0 Å². The third-order valence-electron chi connectivity index (χ3n) is 4.16. The summed E-state index contributed by atoms with van der Waals surface area (Å²) in [5.41, 5.74) is 0.0703. The van der Waals surface area contributed by atoms with Crippen LogP contribution in [0.2, 0.25) is 0 Å². The molecule has 0 aliphatic heterocycles. The predicted molar refractivity (Wildman–Crippen MR) is 88.4 cm³/mol. The van der Waals surface area contributed by atoms with Gasteiger partial charge in [-0.25, -0.2) is 8.42 Å². The van der Waals surface area contributed by atoms with Crippen LogP contribution >= 0.6 is 0 Å². The lowest BCUT2D eigenvalue weighted by Crippen LogP contribution is -2.32. The summed E-state index contributed by atoms with van der Waals surface area (Å²) in [6.45, 7) is 0.00510. The molecule has 0 atom stereocenters. The van der Waals surface area contributed by atoms with Crippen molar-refractivity contribution in [2.45, 2.75) is 36.5 Å². The molecule has 4 nitrogen and oxygen atoms in total. The smallest absolute Gasteiger partial charge is 0.207 e. The van der Waals surface area contributed by atoms with E-state index in [1.165, 1.54) is 40.7 Å². The Morgan fingerprint density at radius 2 is 1.62 bits per heavy atom. The molecule has 0 aromatic heterocycles. The molecule has 1 aliphatic carbocycles. The van der Waals surface area contributed by atoms with Crippen molar-refractivity contribution in [1.29, 1.82) is 5.26 Å². The fraction of sp³-hybridized carbons (Fsp3) is 0.278. The Labute approximate surface area is 149 Å². The van der Waals surface area contributed by atoms with Gasteiger partial charge in [-0.3, -0.25) is 0 Å². The predicted octanol–water partition coefficient (Wildman–Crippen LogP) is 3.93. The molecule has 1 aliphatic rings. The minimum Gasteiger partial charge on any atom is -0.207 e. The van der Waals surface area contributed by atoms with Crippen LogP contribution in [-0.4, -0.2) is 18.8 Å². The molecule has 8 heteroatoms. The first-order valence-electron chi connectivity index (χ1n) is 7.90. The van der Waals surface area contributed by atoms with Gasteiger partial charge in [-0.1, -0.05) is 12.1 Å². The highest BCUT2D eigenvalue weighted by Crippen LogP contribution is 2.34. The average molecular weight is 380 g/mol. The molecule has 0 bridgehead atoms. The topological polar surface area (TPSA) is 61.2 Å². The van der Waals surface area contributed by atoms with Gasteiger partial charge in [0, 0.05) is 12.6 Å². The largest absolute Gasteiger partial charge is 0.416 e. The van der Waals surface area contributed by atoms with Gasteiger partial charge in [0.25, 0.3) is 0 Å². The van der Waals surface area contributed by atoms with E-state index in [0.29, 0.717) is 11.1 Å². The summed E-state index contributed by atoms with van der Waals surface area (Å²) in [4.78, 5) is 0.0651. The van der Waals surface area contributed by atoms with E-state index in [2.05, 4.69) is 0 Å². The van der Waals surface area contributed by atoms with Gasteiger partial charge in [0.1, 0.15) is 0 Å². The number of sulfonamides is 1. The lowest BCUT2D eigenvalue weighted by atomic mass is 10.1. The first kappa shape index (κ1) is 18.4. The van der Waals surface area contributed by atoms with Gasteiger partial charge in [0.2, 0.25) is 10.0 Å². The maximum Gasteiger partial charge on any atom is 0.416 e. The summed E-state index contributed by atoms with van der Waals surface area (Å²) >= 11 is 0. The van der Waals surface area contributed by atoms with Crippen LogP contribution in [0.4, 0.5) is 13.2 Å². The number of halogens is 3. The normalized spacial score (nSPS) is 15.0. The van der Waals surface area contributed by atoms with Crippen LogP contribution in [0, 0.1) is 11.3 Å². The van der Waals surface area contributed by atoms with Crippen LogP contribution in [0.3, 0.4) is 0 Å². The molecule has 136 valence electrons. The number of hydrogen-bond acceptors (Lipinski definition) is 3. The number of benzene rings is 2. The minimum absolute atomic E-state index is 0.00510. The number of alkyl halides is 3. The van der Waals surface area contributed by atoms with Crippen LogP contribution in [0.1, 0.15) is 29.5 Å². The van der Waals surface area contributed by atoms with Crippen molar-refractivity contribution in [3.63, 3.8) is 0 Å². The molecule has 0 saturated heterocycles. The van der Waals surface area contributed by atoms with Crippen molar-refractivity contribution >= 4 is 10.0 Å². The van der Waals surface area contributed by atoms with E-state index in [1.54, 1.807) is 0 Å². The molecule has 1 saturated carbocycles. The SMILES string of the molecule is N#Cc1ccc(S(=O)(=O)N(Cc2ccc(C(F)(F)F)cc2)C2CC2)cc1. The van der Waals surface area contributed by atoms with Gasteiger partial charge in [-0.2, -0.15) is 22.7 Å². The van der Waals surface area contributed by atoms with E-state index in [1.807, 2.05) is 6.07 Å². The standard InChI is InChI=1S/C18H15F3N2O2S/c19-18(20,21)15-5-1-14(2-6-15)12-23(16-7-8-16)26(24,25)17-9-3-13(11-22)4-10-17/h1-6,9-10,16H,7-8,12H2. The van der Waals surface area contributed by atoms with Gasteiger partial charge in [-0.15, -0.1) is 0 Å². The van der Waals surface area contributed by atoms with Crippen molar-refractivity contribution in [1.82, 2.24) is 4.31 Å². The van der Waals surface area contributed by atoms with E-state index in [9.17, 15) is 21.6 Å². The van der Waals surface area contributed by atoms with Gasteiger partial charge in [0.05, 0.1) is 22.1 Å². The van der Waals surface area contributed by atoms with E-state index >= 15 is 0 Å². The molecule has 0 unspecified atom stereocenters. The zero-order valence-electron chi connectivity index (χ0n) is 13.6. The van der Waals surface area contributed by atoms with Crippen molar-refractivity contribution in [3.05, 3.63) is 65.2 Å². The lowest BCUT2D eigenvalue weighted by molar-refractivity contribution is -0.137. The maximum absolute atomic E-state index is 12.9. The van der Waals surface area contributed by atoms with Crippen molar-refractivity contribution in [3.8, 4) is 6.07 Å². The Morgan fingerprint density at radius 1 is 1.04 bits per heavy atom. The third kappa shape index (κ3) is 3.89. The number of rotatable bonds is 5. The summed E-state index contributed by atoms with van der Waals surface area (Å²) in [6.07, 6.45) is -2.99. The van der Waals surface area contributed by atoms with Crippen LogP contribution < -0.4 is 0 Å². The highest BCUT2D eigenvalue weighted by Gasteiger charge is 2.38. The van der Waals surface area contributed by atoms with Gasteiger partial charge in [0.15, 0.2) is 0 Å². The van der Waals surface area contributed by atoms with E-state index in [-0.39, 0.29) is 17.5 Å². The van der Waals surface area contributed by atoms with Crippen LogP contribution in [-0.2, 0) is 22.7 Å². The van der Waals surface area contributed by atoms with E-state index in [0.717, 1.165) is 25.0 Å². The fourth-order valence-electron chi connectivity index (χ4n) is 2.59. The highest BCUT2D eigenvalue weighted by atomic mass is 32.2. The van der Waals surface area contributed by atoms with Crippen LogP contribution in [0.5, 0.6) is 0 Å². The summed E-state index contributed by atoms with van der Waals surface area (Å²) in [6, 6.07) is 11.9. The molecular formula is C18H15F3N2O2S. The molecule has 0 amide bonds. The maximum atomic E-state index is 12.9. The van der Waals surface area contributed by atoms with Gasteiger partial charge < -0.3 is 0 Å². The molecule has 2 aromatic rings. The average Bonchev–Trinajstić information content (AvgIpc) is 3.44. The molecule has 3 rings (SSSR count). The summed E-state index contributed by atoms with van der Waals surface area (Å²) < 4.78 is 65.1. The first-order chi connectivity index (χ1) is 12.2. The first-order valence-corrected chi connectivity index (χ1v) is 9.34. The van der Waals surface area contributed by atoms with Gasteiger partial charge in [-0.05, 0) is 54.8 Å². The Kier molecular flexibility index (Phi) is 4.78. The number of nitrogens with zero attached hydrogens (tertiary/aromatic N) is 2. The van der Waals surface area contributed by atoms with Gasteiger partial charge >= 0.3 is 6.18 Å². The molecular weight excluding hydrogens is 365 g/mol. The highest BCUT2D eigenvalue weighted by molar-refractivity contribution is 7.89. The van der Waals surface area contributed by atoms with Crippen LogP contribution in [0.15, 0.2) is 53.4 Å². The third-order valence-corrected chi connectivity index (χ3v) is 6.08. The number of hydrogen-bond donors (Lipinski definition) is 0. The molecule has 0 radical (unpaired) electrons. The quantitative estimate of drug-likeness (QED) is 0.790. The van der Waals surface area contributed by atoms with Crippen molar-refractivity contribution in [2.24, 2.45) is 0 Å². The molecule has 0 heterocycles. The Bertz CT molecular complexity index is 926. The number of nitriles is 1. The van der Waals surface area contributed by atoms with Crippen molar-refractivity contribution < 1.29 is 21.6 Å². The summed E-state index contributed by atoms with van der Waals surface area (Å²) in [5, 5.41) is 8.82. The van der Waals surface area contributed by atoms with E-state index < -0.39 is 21.8 Å². The molecule has 0 spiro atoms. The zero-order chi connectivity index (χ0) is 18.9. The Hall–Kier alpha value is -2.37. The zero-order valence-corrected chi connectivity index (χ0v) is 14.4. The monoisotopic (exact) mass is 380 g/mol. The molecule has 2 aromatic carbocycles. The second-order valence-electron chi connectivity index (χ2n) is 6.11. The molecule has 0 N–H and O–H groups in total. The summed E-state index contributed by atoms with van der Waals surface area (Å²) in [5.74, 6) is 0. The second kappa shape index (κ2) is 6.74.